The first-order chi connectivity index (χ1) is 10.5. The summed E-state index contributed by atoms with van der Waals surface area (Å²) in [6, 6.07) is 4.20. The molecule has 0 saturated carbocycles. The molecule has 7 nitrogen and oxygen atoms in total. The third-order valence-corrected chi connectivity index (χ3v) is 5.44. The summed E-state index contributed by atoms with van der Waals surface area (Å²) in [6.45, 7) is 2.27. The van der Waals surface area contributed by atoms with Gasteiger partial charge in [-0.2, -0.15) is 4.31 Å². The predicted molar refractivity (Wildman–Crippen MR) is 87.8 cm³/mol. The number of esters is 1. The number of hydrogen-bond acceptors (Lipinski definition) is 6. The minimum absolute atomic E-state index is 0. The fraction of sp³-hybridized carbons (Fsp3) is 0.500. The van der Waals surface area contributed by atoms with Crippen LogP contribution in [-0.2, 0) is 14.8 Å². The summed E-state index contributed by atoms with van der Waals surface area (Å²) in [5.74, 6) is -0.402. The van der Waals surface area contributed by atoms with E-state index in [1.165, 1.54) is 36.7 Å². The van der Waals surface area contributed by atoms with Crippen molar-refractivity contribution in [2.45, 2.75) is 11.3 Å². The molecule has 1 fully saturated rings. The lowest BCUT2D eigenvalue weighted by atomic mass is 10.2. The van der Waals surface area contributed by atoms with E-state index in [1.54, 1.807) is 0 Å². The second kappa shape index (κ2) is 8.49. The molecule has 0 spiro atoms. The summed E-state index contributed by atoms with van der Waals surface area (Å²) in [6.07, 6.45) is 0.752. The lowest BCUT2D eigenvalue weighted by Gasteiger charge is -2.21. The molecular formula is C14H21ClN2O5S. The van der Waals surface area contributed by atoms with Gasteiger partial charge >= 0.3 is 5.97 Å². The van der Waals surface area contributed by atoms with Gasteiger partial charge in [-0.15, -0.1) is 12.4 Å². The molecule has 2 rings (SSSR count). The molecule has 1 heterocycles. The zero-order valence-corrected chi connectivity index (χ0v) is 14.7. The number of benzene rings is 1. The van der Waals surface area contributed by atoms with Crippen molar-refractivity contribution in [3.63, 3.8) is 0 Å². The highest BCUT2D eigenvalue weighted by Crippen LogP contribution is 2.28. The van der Waals surface area contributed by atoms with E-state index < -0.39 is 16.0 Å². The molecule has 1 aliphatic rings. The summed E-state index contributed by atoms with van der Waals surface area (Å²) >= 11 is 0. The zero-order chi connectivity index (χ0) is 16.2. The van der Waals surface area contributed by atoms with Gasteiger partial charge < -0.3 is 14.8 Å². The van der Waals surface area contributed by atoms with Crippen molar-refractivity contribution in [1.82, 2.24) is 9.62 Å². The fourth-order valence-corrected chi connectivity index (χ4v) is 3.94. The molecule has 0 aliphatic carbocycles. The summed E-state index contributed by atoms with van der Waals surface area (Å²) in [5, 5.41) is 3.16. The summed E-state index contributed by atoms with van der Waals surface area (Å²) < 4.78 is 36.8. The molecule has 1 aromatic carbocycles. The van der Waals surface area contributed by atoms with E-state index >= 15 is 0 Å². The molecule has 9 heteroatoms. The van der Waals surface area contributed by atoms with Crippen LogP contribution in [0.1, 0.15) is 16.8 Å². The molecule has 0 radical (unpaired) electrons. The Morgan fingerprint density at radius 1 is 1.22 bits per heavy atom. The zero-order valence-electron chi connectivity index (χ0n) is 13.1. The Balaban J connectivity index is 0.00000264. The van der Waals surface area contributed by atoms with Crippen molar-refractivity contribution in [2.24, 2.45) is 0 Å². The monoisotopic (exact) mass is 364 g/mol. The smallest absolute Gasteiger partial charge is 0.337 e. The van der Waals surface area contributed by atoms with Crippen LogP contribution in [0.2, 0.25) is 0 Å². The minimum atomic E-state index is -3.66. The van der Waals surface area contributed by atoms with Gasteiger partial charge in [-0.1, -0.05) is 0 Å². The first-order valence-corrected chi connectivity index (χ1v) is 8.42. The molecule has 130 valence electrons. The van der Waals surface area contributed by atoms with E-state index in [-0.39, 0.29) is 28.6 Å². The molecule has 1 N–H and O–H groups in total. The SMILES string of the molecule is COC(=O)c1ccc(S(=O)(=O)N2CCCNCC2)c(OC)c1.Cl. The largest absolute Gasteiger partial charge is 0.495 e. The minimum Gasteiger partial charge on any atom is -0.495 e. The maximum Gasteiger partial charge on any atom is 0.337 e. The van der Waals surface area contributed by atoms with E-state index in [0.29, 0.717) is 19.6 Å². The predicted octanol–water partition coefficient (Wildman–Crippen LogP) is 0.888. The lowest BCUT2D eigenvalue weighted by Crippen LogP contribution is -2.34. The third kappa shape index (κ3) is 4.35. The molecule has 0 bridgehead atoms. The van der Waals surface area contributed by atoms with Crippen molar-refractivity contribution < 1.29 is 22.7 Å². The van der Waals surface area contributed by atoms with E-state index in [1.807, 2.05) is 0 Å². The van der Waals surface area contributed by atoms with Crippen molar-refractivity contribution in [2.75, 3.05) is 40.4 Å². The van der Waals surface area contributed by atoms with Gasteiger partial charge in [0.25, 0.3) is 0 Å². The average molecular weight is 365 g/mol. The van der Waals surface area contributed by atoms with Crippen molar-refractivity contribution in [3.05, 3.63) is 23.8 Å². The Kier molecular flexibility index (Phi) is 7.27. The van der Waals surface area contributed by atoms with E-state index in [2.05, 4.69) is 10.1 Å². The summed E-state index contributed by atoms with van der Waals surface area (Å²) in [7, 11) is -1.02. The molecule has 1 aromatic rings. The van der Waals surface area contributed by atoms with Gasteiger partial charge in [-0.25, -0.2) is 13.2 Å². The normalized spacial score (nSPS) is 16.1. The molecule has 1 saturated heterocycles. The van der Waals surface area contributed by atoms with Crippen LogP contribution in [0.15, 0.2) is 23.1 Å². The number of halogens is 1. The highest BCUT2D eigenvalue weighted by molar-refractivity contribution is 7.89. The van der Waals surface area contributed by atoms with Gasteiger partial charge in [-0.3, -0.25) is 0 Å². The standard InChI is InChI=1S/C14H20N2O5S.ClH/c1-20-12-10-11(14(17)21-2)4-5-13(12)22(18,19)16-8-3-6-15-7-9-16;/h4-5,10,15H,3,6-9H2,1-2H3;1H. The van der Waals surface area contributed by atoms with Gasteiger partial charge in [0.05, 0.1) is 19.8 Å². The number of carbonyl (C=O) groups is 1. The second-order valence-electron chi connectivity index (χ2n) is 4.86. The number of sulfonamides is 1. The maximum absolute atomic E-state index is 12.8. The van der Waals surface area contributed by atoms with Gasteiger partial charge in [-0.05, 0) is 31.2 Å². The second-order valence-corrected chi connectivity index (χ2v) is 6.77. The molecule has 0 amide bonds. The Bertz CT molecular complexity index is 643. The molecular weight excluding hydrogens is 344 g/mol. The molecule has 1 aliphatic heterocycles. The number of ether oxygens (including phenoxy) is 2. The van der Waals surface area contributed by atoms with Crippen molar-refractivity contribution in [3.8, 4) is 5.75 Å². The molecule has 0 aromatic heterocycles. The van der Waals surface area contributed by atoms with Gasteiger partial charge in [0.2, 0.25) is 10.0 Å². The molecule has 23 heavy (non-hydrogen) atoms. The molecule has 0 unspecified atom stereocenters. The van der Waals surface area contributed by atoms with Gasteiger partial charge in [0.15, 0.2) is 0 Å². The van der Waals surface area contributed by atoms with E-state index in [4.69, 9.17) is 4.74 Å². The van der Waals surface area contributed by atoms with E-state index in [9.17, 15) is 13.2 Å². The Labute approximate surface area is 142 Å². The average Bonchev–Trinajstić information content (AvgIpc) is 2.83. The van der Waals surface area contributed by atoms with Crippen LogP contribution < -0.4 is 10.1 Å². The Morgan fingerprint density at radius 2 is 1.96 bits per heavy atom. The van der Waals surface area contributed by atoms with Crippen LogP contribution in [0.4, 0.5) is 0 Å². The van der Waals surface area contributed by atoms with Gasteiger partial charge in [0, 0.05) is 19.6 Å². The number of rotatable bonds is 4. The number of nitrogens with zero attached hydrogens (tertiary/aromatic N) is 1. The number of carbonyl (C=O) groups excluding carboxylic acids is 1. The first kappa shape index (κ1) is 19.7. The summed E-state index contributed by atoms with van der Waals surface area (Å²) in [5.41, 5.74) is 0.246. The third-order valence-electron chi connectivity index (χ3n) is 3.50. The Morgan fingerprint density at radius 3 is 2.61 bits per heavy atom. The number of methoxy groups -OCH3 is 2. The van der Waals surface area contributed by atoms with Crippen LogP contribution in [0.5, 0.6) is 5.75 Å². The van der Waals surface area contributed by atoms with Crippen LogP contribution in [0.3, 0.4) is 0 Å². The summed E-state index contributed by atoms with van der Waals surface area (Å²) in [4.78, 5) is 11.6. The Hall–Kier alpha value is -1.35. The van der Waals surface area contributed by atoms with Crippen molar-refractivity contribution in [1.29, 1.82) is 0 Å². The number of nitrogens with one attached hydrogen (secondary N) is 1. The van der Waals surface area contributed by atoms with Crippen LogP contribution in [-0.4, -0.2) is 59.1 Å². The molecule has 0 atom stereocenters. The van der Waals surface area contributed by atoms with Crippen molar-refractivity contribution >= 4 is 28.4 Å². The topological polar surface area (TPSA) is 84.9 Å². The lowest BCUT2D eigenvalue weighted by molar-refractivity contribution is 0.0600. The van der Waals surface area contributed by atoms with Crippen LogP contribution in [0.25, 0.3) is 0 Å². The fourth-order valence-electron chi connectivity index (χ4n) is 2.33. The van der Waals surface area contributed by atoms with Gasteiger partial charge in [0.1, 0.15) is 10.6 Å². The maximum atomic E-state index is 12.8. The van der Waals surface area contributed by atoms with Crippen LogP contribution in [0, 0.1) is 0 Å². The van der Waals surface area contributed by atoms with Crippen LogP contribution >= 0.6 is 12.4 Å². The quantitative estimate of drug-likeness (QED) is 0.798. The highest BCUT2D eigenvalue weighted by Gasteiger charge is 2.28. The first-order valence-electron chi connectivity index (χ1n) is 6.98. The number of hydrogen-bond donors (Lipinski definition) is 1. The highest BCUT2D eigenvalue weighted by atomic mass is 35.5. The van der Waals surface area contributed by atoms with E-state index in [0.717, 1.165) is 13.0 Å².